The van der Waals surface area contributed by atoms with Crippen LogP contribution < -0.4 is 5.32 Å². The molecule has 0 unspecified atom stereocenters. The molecule has 0 spiro atoms. The molecule has 2 N–H and O–H groups in total. The maximum absolute atomic E-state index is 11.2. The molecule has 0 aliphatic rings. The van der Waals surface area contributed by atoms with Gasteiger partial charge in [0.15, 0.2) is 0 Å². The highest BCUT2D eigenvalue weighted by atomic mass is 35.5. The number of pyridine rings is 1. The molecule has 0 aliphatic heterocycles. The first-order chi connectivity index (χ1) is 6.24. The standard InChI is InChI=1S/C8H9ClN2O2/c9-6-1-2-7(11-5-6)8(13)10-3-4-12/h1-2,5,12H,3-4H2,(H,10,13). The largest absolute Gasteiger partial charge is 0.395 e. The van der Waals surface area contributed by atoms with Crippen LogP contribution in [0.15, 0.2) is 18.3 Å². The van der Waals surface area contributed by atoms with Crippen molar-refractivity contribution < 1.29 is 9.90 Å². The van der Waals surface area contributed by atoms with Gasteiger partial charge in [0, 0.05) is 12.7 Å². The second-order valence-corrected chi connectivity index (χ2v) is 2.78. The van der Waals surface area contributed by atoms with Crippen LogP contribution >= 0.6 is 11.6 Å². The maximum atomic E-state index is 11.2. The van der Waals surface area contributed by atoms with Gasteiger partial charge in [-0.3, -0.25) is 4.79 Å². The first-order valence-corrected chi connectivity index (χ1v) is 4.12. The highest BCUT2D eigenvalue weighted by molar-refractivity contribution is 6.30. The Morgan fingerprint density at radius 2 is 2.38 bits per heavy atom. The second kappa shape index (κ2) is 4.79. The van der Waals surface area contributed by atoms with Gasteiger partial charge in [-0.1, -0.05) is 11.6 Å². The van der Waals surface area contributed by atoms with Crippen LogP contribution in [0.5, 0.6) is 0 Å². The fourth-order valence-corrected chi connectivity index (χ4v) is 0.882. The summed E-state index contributed by atoms with van der Waals surface area (Å²) in [4.78, 5) is 15.0. The van der Waals surface area contributed by atoms with Crippen LogP contribution in [0.25, 0.3) is 0 Å². The zero-order valence-electron chi connectivity index (χ0n) is 6.83. The fraction of sp³-hybridized carbons (Fsp3) is 0.250. The predicted octanol–water partition coefficient (Wildman–Crippen LogP) is 0.457. The van der Waals surface area contributed by atoms with Crippen LogP contribution in [-0.2, 0) is 0 Å². The lowest BCUT2D eigenvalue weighted by Gasteiger charge is -2.01. The van der Waals surface area contributed by atoms with Crippen molar-refractivity contribution in [1.29, 1.82) is 0 Å². The Morgan fingerprint density at radius 1 is 1.62 bits per heavy atom. The summed E-state index contributed by atoms with van der Waals surface area (Å²) in [5.74, 6) is -0.314. The first kappa shape index (κ1) is 9.95. The van der Waals surface area contributed by atoms with Gasteiger partial charge in [0.1, 0.15) is 5.69 Å². The summed E-state index contributed by atoms with van der Waals surface area (Å²) in [6, 6.07) is 3.11. The average molecular weight is 201 g/mol. The van der Waals surface area contributed by atoms with Gasteiger partial charge in [0.2, 0.25) is 0 Å². The Labute approximate surface area is 80.6 Å². The fourth-order valence-electron chi connectivity index (χ4n) is 0.770. The molecule has 0 atom stereocenters. The van der Waals surface area contributed by atoms with Gasteiger partial charge in [-0.05, 0) is 12.1 Å². The van der Waals surface area contributed by atoms with E-state index in [4.69, 9.17) is 16.7 Å². The number of aliphatic hydroxyl groups excluding tert-OH is 1. The number of nitrogens with one attached hydrogen (secondary N) is 1. The van der Waals surface area contributed by atoms with Gasteiger partial charge in [0.05, 0.1) is 11.6 Å². The summed E-state index contributed by atoms with van der Waals surface area (Å²) >= 11 is 5.59. The van der Waals surface area contributed by atoms with E-state index in [-0.39, 0.29) is 24.8 Å². The molecule has 0 bridgehead atoms. The summed E-state index contributed by atoms with van der Waals surface area (Å²) in [5.41, 5.74) is 0.290. The highest BCUT2D eigenvalue weighted by Gasteiger charge is 2.04. The SMILES string of the molecule is O=C(NCCO)c1ccc(Cl)cn1. The monoisotopic (exact) mass is 200 g/mol. The van der Waals surface area contributed by atoms with Gasteiger partial charge in [0.25, 0.3) is 5.91 Å². The molecule has 1 aromatic heterocycles. The lowest BCUT2D eigenvalue weighted by Crippen LogP contribution is -2.27. The maximum Gasteiger partial charge on any atom is 0.269 e. The second-order valence-electron chi connectivity index (χ2n) is 2.34. The summed E-state index contributed by atoms with van der Waals surface area (Å²) in [6.07, 6.45) is 1.40. The third-order valence-corrected chi connectivity index (χ3v) is 1.58. The third kappa shape index (κ3) is 3.01. The molecule has 1 aromatic rings. The van der Waals surface area contributed by atoms with Crippen LogP contribution in [0.1, 0.15) is 10.5 Å². The van der Waals surface area contributed by atoms with Crippen molar-refractivity contribution in [2.75, 3.05) is 13.2 Å². The van der Waals surface area contributed by atoms with Crippen LogP contribution in [-0.4, -0.2) is 29.1 Å². The molecule has 0 fully saturated rings. The van der Waals surface area contributed by atoms with E-state index in [0.29, 0.717) is 5.02 Å². The molecule has 0 saturated carbocycles. The number of aromatic nitrogens is 1. The number of halogens is 1. The Balaban J connectivity index is 2.61. The van der Waals surface area contributed by atoms with Crippen molar-refractivity contribution in [1.82, 2.24) is 10.3 Å². The lowest BCUT2D eigenvalue weighted by atomic mass is 10.3. The smallest absolute Gasteiger partial charge is 0.269 e. The molecule has 5 heteroatoms. The minimum absolute atomic E-state index is 0.0840. The van der Waals surface area contributed by atoms with Crippen LogP contribution in [0.2, 0.25) is 5.02 Å². The molecule has 1 heterocycles. The Bertz CT molecular complexity index is 287. The quantitative estimate of drug-likeness (QED) is 0.745. The van der Waals surface area contributed by atoms with Crippen LogP contribution in [0.3, 0.4) is 0 Å². The van der Waals surface area contributed by atoms with Crippen molar-refractivity contribution in [3.63, 3.8) is 0 Å². The molecular formula is C8H9ClN2O2. The van der Waals surface area contributed by atoms with E-state index in [1.165, 1.54) is 12.3 Å². The topological polar surface area (TPSA) is 62.2 Å². The Kier molecular flexibility index (Phi) is 3.67. The average Bonchev–Trinajstić information content (AvgIpc) is 2.15. The van der Waals surface area contributed by atoms with E-state index in [0.717, 1.165) is 0 Å². The number of rotatable bonds is 3. The molecule has 1 amide bonds. The number of aliphatic hydroxyl groups is 1. The minimum atomic E-state index is -0.314. The number of carbonyl (C=O) groups is 1. The predicted molar refractivity (Wildman–Crippen MR) is 48.7 cm³/mol. The van der Waals surface area contributed by atoms with E-state index in [1.807, 2.05) is 0 Å². The molecule has 0 aromatic carbocycles. The number of hydrogen-bond acceptors (Lipinski definition) is 3. The van der Waals surface area contributed by atoms with E-state index < -0.39 is 0 Å². The van der Waals surface area contributed by atoms with Crippen LogP contribution in [0.4, 0.5) is 0 Å². The summed E-state index contributed by atoms with van der Waals surface area (Å²) in [7, 11) is 0. The highest BCUT2D eigenvalue weighted by Crippen LogP contribution is 2.05. The van der Waals surface area contributed by atoms with E-state index in [1.54, 1.807) is 6.07 Å². The molecular weight excluding hydrogens is 192 g/mol. The molecule has 0 radical (unpaired) electrons. The normalized spacial score (nSPS) is 9.69. The Hall–Kier alpha value is -1.13. The van der Waals surface area contributed by atoms with Crippen molar-refractivity contribution in [3.8, 4) is 0 Å². The van der Waals surface area contributed by atoms with Crippen LogP contribution in [0, 0.1) is 0 Å². The van der Waals surface area contributed by atoms with Crippen molar-refractivity contribution in [3.05, 3.63) is 29.0 Å². The van der Waals surface area contributed by atoms with E-state index in [2.05, 4.69) is 10.3 Å². The number of amides is 1. The zero-order chi connectivity index (χ0) is 9.68. The zero-order valence-corrected chi connectivity index (χ0v) is 7.58. The molecule has 70 valence electrons. The minimum Gasteiger partial charge on any atom is -0.395 e. The van der Waals surface area contributed by atoms with Crippen molar-refractivity contribution >= 4 is 17.5 Å². The summed E-state index contributed by atoms with van der Waals surface area (Å²) < 4.78 is 0. The molecule has 4 nitrogen and oxygen atoms in total. The van der Waals surface area contributed by atoms with Crippen molar-refractivity contribution in [2.45, 2.75) is 0 Å². The Morgan fingerprint density at radius 3 is 2.92 bits per heavy atom. The lowest BCUT2D eigenvalue weighted by molar-refractivity contribution is 0.0940. The van der Waals surface area contributed by atoms with Gasteiger partial charge in [-0.2, -0.15) is 0 Å². The molecule has 13 heavy (non-hydrogen) atoms. The summed E-state index contributed by atoms with van der Waals surface area (Å²) in [5, 5.41) is 11.4. The van der Waals surface area contributed by atoms with Gasteiger partial charge in [-0.15, -0.1) is 0 Å². The van der Waals surface area contributed by atoms with E-state index in [9.17, 15) is 4.79 Å². The molecule has 0 saturated heterocycles. The van der Waals surface area contributed by atoms with Gasteiger partial charge in [-0.25, -0.2) is 4.98 Å². The number of nitrogens with zero attached hydrogens (tertiary/aromatic N) is 1. The third-order valence-electron chi connectivity index (χ3n) is 1.36. The van der Waals surface area contributed by atoms with Gasteiger partial charge >= 0.3 is 0 Å². The van der Waals surface area contributed by atoms with E-state index >= 15 is 0 Å². The summed E-state index contributed by atoms with van der Waals surface area (Å²) in [6.45, 7) is 0.141. The van der Waals surface area contributed by atoms with Crippen molar-refractivity contribution in [2.24, 2.45) is 0 Å². The number of carbonyl (C=O) groups excluding carboxylic acids is 1. The number of hydrogen-bond donors (Lipinski definition) is 2. The van der Waals surface area contributed by atoms with Gasteiger partial charge < -0.3 is 10.4 Å². The molecule has 0 aliphatic carbocycles. The molecule has 1 rings (SSSR count). The first-order valence-electron chi connectivity index (χ1n) is 3.74.